The number of nitrogens with two attached hydrogens (primary N) is 1. The van der Waals surface area contributed by atoms with Gasteiger partial charge >= 0.3 is 0 Å². The lowest BCUT2D eigenvalue weighted by molar-refractivity contribution is 0.546. The summed E-state index contributed by atoms with van der Waals surface area (Å²) in [5.74, 6) is 0.378. The third kappa shape index (κ3) is 2.23. The predicted molar refractivity (Wildman–Crippen MR) is 27.5 cm³/mol. The Morgan fingerprint density at radius 3 is 2.50 bits per heavy atom. The number of hydrogen-bond acceptors (Lipinski definition) is 3. The zero-order valence-electron chi connectivity index (χ0n) is 3.22. The summed E-state index contributed by atoms with van der Waals surface area (Å²) in [7, 11) is 0. The van der Waals surface area contributed by atoms with Crippen molar-refractivity contribution in [3.05, 3.63) is 0 Å². The van der Waals surface area contributed by atoms with E-state index in [-0.39, 0.29) is 0 Å². The van der Waals surface area contributed by atoms with E-state index in [1.165, 1.54) is 0 Å². The third-order valence-electron chi connectivity index (χ3n) is 0.348. The summed E-state index contributed by atoms with van der Waals surface area (Å²) in [6.45, 7) is 0. The van der Waals surface area contributed by atoms with E-state index in [9.17, 15) is 4.79 Å². The van der Waals surface area contributed by atoms with Crippen molar-refractivity contribution in [2.24, 2.45) is 5.73 Å². The lowest BCUT2D eigenvalue weighted by Crippen LogP contribution is -2.22. The van der Waals surface area contributed by atoms with Crippen LogP contribution in [0.2, 0.25) is 0 Å². The van der Waals surface area contributed by atoms with E-state index in [2.05, 4.69) is 12.6 Å². The van der Waals surface area contributed by atoms with E-state index in [1.54, 1.807) is 6.29 Å². The van der Waals surface area contributed by atoms with E-state index in [0.29, 0.717) is 5.75 Å². The molecule has 0 aromatic heterocycles. The first-order valence-corrected chi connectivity index (χ1v) is 2.18. The molecule has 0 bridgehead atoms. The van der Waals surface area contributed by atoms with Gasteiger partial charge in [0.1, 0.15) is 0 Å². The molecule has 1 radical (unpaired) electrons. The Morgan fingerprint density at radius 2 is 2.50 bits per heavy atom. The van der Waals surface area contributed by atoms with Crippen LogP contribution in [0.15, 0.2) is 0 Å². The maximum absolute atomic E-state index is 9.44. The van der Waals surface area contributed by atoms with Crippen molar-refractivity contribution in [2.45, 2.75) is 6.04 Å². The lowest BCUT2D eigenvalue weighted by atomic mass is 10.4. The van der Waals surface area contributed by atoms with Crippen molar-refractivity contribution in [3.8, 4) is 0 Å². The molecule has 0 spiro atoms. The van der Waals surface area contributed by atoms with Crippen molar-refractivity contribution >= 4 is 18.9 Å². The van der Waals surface area contributed by atoms with Crippen LogP contribution in [0.3, 0.4) is 0 Å². The standard InChI is InChI=1S/C3H6NOS/c4-3(1-5)2-6/h3,6H,2,4H2/t3-/m0/s1. The van der Waals surface area contributed by atoms with Crippen LogP contribution in [0, 0.1) is 0 Å². The summed E-state index contributed by atoms with van der Waals surface area (Å²) >= 11 is 3.71. The highest BCUT2D eigenvalue weighted by Gasteiger charge is 1.91. The summed E-state index contributed by atoms with van der Waals surface area (Å²) in [4.78, 5) is 9.44. The molecule has 0 unspecified atom stereocenters. The fourth-order valence-corrected chi connectivity index (χ4v) is 0.112. The van der Waals surface area contributed by atoms with Gasteiger partial charge in [-0.05, 0) is 0 Å². The predicted octanol–water partition coefficient (Wildman–Crippen LogP) is -0.647. The maximum Gasteiger partial charge on any atom is 0.217 e. The van der Waals surface area contributed by atoms with Gasteiger partial charge in [-0.15, -0.1) is 0 Å². The summed E-state index contributed by atoms with van der Waals surface area (Å²) in [6.07, 6.45) is 1.57. The van der Waals surface area contributed by atoms with Gasteiger partial charge in [0.25, 0.3) is 0 Å². The molecular weight excluding hydrogens is 98.1 g/mol. The molecule has 3 heteroatoms. The normalized spacial score (nSPS) is 13.7. The molecule has 0 saturated heterocycles. The van der Waals surface area contributed by atoms with Crippen LogP contribution in [0.4, 0.5) is 0 Å². The van der Waals surface area contributed by atoms with Gasteiger partial charge in [-0.2, -0.15) is 12.6 Å². The van der Waals surface area contributed by atoms with E-state index in [4.69, 9.17) is 5.73 Å². The summed E-state index contributed by atoms with van der Waals surface area (Å²) in [5, 5.41) is 0. The Bertz CT molecular complexity index is 48.1. The molecule has 0 aromatic rings. The molecule has 0 saturated carbocycles. The zero-order valence-corrected chi connectivity index (χ0v) is 4.11. The second-order valence-corrected chi connectivity index (χ2v) is 1.27. The van der Waals surface area contributed by atoms with Crippen LogP contribution in [-0.4, -0.2) is 18.1 Å². The molecule has 0 aromatic carbocycles. The molecule has 0 fully saturated rings. The molecule has 6 heavy (non-hydrogen) atoms. The first-order valence-electron chi connectivity index (χ1n) is 1.55. The van der Waals surface area contributed by atoms with Crippen LogP contribution < -0.4 is 5.73 Å². The SMILES string of the molecule is N[C@@H]([C]=O)CS. The number of rotatable bonds is 2. The van der Waals surface area contributed by atoms with Crippen molar-refractivity contribution in [3.63, 3.8) is 0 Å². The maximum atomic E-state index is 9.44. The zero-order chi connectivity index (χ0) is 4.99. The van der Waals surface area contributed by atoms with Crippen molar-refractivity contribution in [2.75, 3.05) is 5.75 Å². The molecule has 0 heterocycles. The van der Waals surface area contributed by atoms with E-state index < -0.39 is 6.04 Å². The van der Waals surface area contributed by atoms with Crippen LogP contribution in [-0.2, 0) is 4.79 Å². The Labute approximate surface area is 42.1 Å². The monoisotopic (exact) mass is 104 g/mol. The second-order valence-electron chi connectivity index (χ2n) is 0.907. The van der Waals surface area contributed by atoms with E-state index in [0.717, 1.165) is 0 Å². The molecule has 35 valence electrons. The van der Waals surface area contributed by atoms with Crippen LogP contribution in [0.1, 0.15) is 0 Å². The molecule has 0 rings (SSSR count). The van der Waals surface area contributed by atoms with Gasteiger partial charge in [-0.3, -0.25) is 4.79 Å². The highest BCUT2D eigenvalue weighted by Crippen LogP contribution is 1.73. The van der Waals surface area contributed by atoms with Crippen LogP contribution in [0.25, 0.3) is 0 Å². The highest BCUT2D eigenvalue weighted by atomic mass is 32.1. The summed E-state index contributed by atoms with van der Waals surface area (Å²) < 4.78 is 0. The van der Waals surface area contributed by atoms with Gasteiger partial charge < -0.3 is 5.73 Å². The van der Waals surface area contributed by atoms with Gasteiger partial charge in [-0.1, -0.05) is 0 Å². The average molecular weight is 104 g/mol. The fraction of sp³-hybridized carbons (Fsp3) is 0.667. The van der Waals surface area contributed by atoms with Crippen LogP contribution >= 0.6 is 12.6 Å². The molecule has 2 nitrogen and oxygen atoms in total. The first-order chi connectivity index (χ1) is 2.81. The molecule has 0 aliphatic carbocycles. The molecule has 0 aliphatic heterocycles. The van der Waals surface area contributed by atoms with Crippen molar-refractivity contribution in [1.29, 1.82) is 0 Å². The van der Waals surface area contributed by atoms with Crippen LogP contribution in [0.5, 0.6) is 0 Å². The lowest BCUT2D eigenvalue weighted by Gasteiger charge is -1.88. The Balaban J connectivity index is 2.96. The minimum absolute atomic E-state index is 0.378. The minimum atomic E-state index is -0.506. The van der Waals surface area contributed by atoms with Crippen molar-refractivity contribution in [1.82, 2.24) is 0 Å². The molecule has 0 amide bonds. The first kappa shape index (κ1) is 5.98. The van der Waals surface area contributed by atoms with E-state index in [1.807, 2.05) is 0 Å². The smallest absolute Gasteiger partial charge is 0.217 e. The van der Waals surface area contributed by atoms with Gasteiger partial charge in [-0.25, -0.2) is 0 Å². The Kier molecular flexibility index (Phi) is 3.17. The number of thiol groups is 1. The Hall–Kier alpha value is -0.0200. The number of hydrogen-bond donors (Lipinski definition) is 2. The minimum Gasteiger partial charge on any atom is -0.320 e. The molecule has 2 N–H and O–H groups in total. The highest BCUT2D eigenvalue weighted by molar-refractivity contribution is 7.80. The second kappa shape index (κ2) is 3.18. The Morgan fingerprint density at radius 1 is 2.00 bits per heavy atom. The average Bonchev–Trinajstić information content (AvgIpc) is 1.65. The van der Waals surface area contributed by atoms with Gasteiger partial charge in [0.15, 0.2) is 0 Å². The fourth-order valence-electron chi connectivity index (χ4n) is 0.0373. The van der Waals surface area contributed by atoms with Gasteiger partial charge in [0.05, 0.1) is 6.04 Å². The third-order valence-corrected chi connectivity index (χ3v) is 0.741. The van der Waals surface area contributed by atoms with Crippen molar-refractivity contribution < 1.29 is 4.79 Å². The number of carbonyl (C=O) groups excluding carboxylic acids is 1. The van der Waals surface area contributed by atoms with E-state index >= 15 is 0 Å². The van der Waals surface area contributed by atoms with Gasteiger partial charge in [0, 0.05) is 5.75 Å². The summed E-state index contributed by atoms with van der Waals surface area (Å²) in [5.41, 5.74) is 4.97. The topological polar surface area (TPSA) is 43.1 Å². The molecular formula is C3H6NOS. The molecule has 1 atom stereocenters. The van der Waals surface area contributed by atoms with Gasteiger partial charge in [0.2, 0.25) is 6.29 Å². The summed E-state index contributed by atoms with van der Waals surface area (Å²) in [6, 6.07) is -0.506. The largest absolute Gasteiger partial charge is 0.320 e. The molecule has 0 aliphatic rings. The quantitative estimate of drug-likeness (QED) is 0.457.